The van der Waals surface area contributed by atoms with Crippen molar-refractivity contribution >= 4 is 0 Å². The van der Waals surface area contributed by atoms with Crippen LogP contribution in [0, 0.1) is 0 Å². The van der Waals surface area contributed by atoms with Gasteiger partial charge in [-0.2, -0.15) is 0 Å². The molecule has 0 fully saturated rings. The highest BCUT2D eigenvalue weighted by Crippen LogP contribution is 2.09. The van der Waals surface area contributed by atoms with Crippen molar-refractivity contribution in [2.75, 3.05) is 19.6 Å². The second-order valence-electron chi connectivity index (χ2n) is 7.14. The summed E-state index contributed by atoms with van der Waals surface area (Å²) in [6.07, 6.45) is 24.5. The second-order valence-corrected chi connectivity index (χ2v) is 7.14. The zero-order valence-corrected chi connectivity index (χ0v) is 17.8. The smallest absolute Gasteiger partial charge is 0.0770 e. The number of hydrogen-bond acceptors (Lipinski definition) is 0. The van der Waals surface area contributed by atoms with Gasteiger partial charge in [0.1, 0.15) is 0 Å². The van der Waals surface area contributed by atoms with Crippen LogP contribution in [0.2, 0.25) is 0 Å². The Balaban J connectivity index is 0. The topological polar surface area (TPSA) is 4.44 Å². The molecule has 0 saturated heterocycles. The van der Waals surface area contributed by atoms with Gasteiger partial charge in [0.2, 0.25) is 0 Å². The first-order valence-corrected chi connectivity index (χ1v) is 10.8. The molecule has 0 radical (unpaired) electrons. The number of unbranched alkanes of at least 4 members (excludes halogenated alkanes) is 12. The summed E-state index contributed by atoms with van der Waals surface area (Å²) in [5.41, 5.74) is 0. The fourth-order valence-corrected chi connectivity index (χ4v) is 3.23. The molecule has 0 aliphatic rings. The second kappa shape index (κ2) is 23.0. The van der Waals surface area contributed by atoms with E-state index in [9.17, 15) is 0 Å². The van der Waals surface area contributed by atoms with Crippen LogP contribution < -0.4 is 17.3 Å². The van der Waals surface area contributed by atoms with E-state index >= 15 is 0 Å². The lowest BCUT2D eigenvalue weighted by Gasteiger charge is -2.14. The van der Waals surface area contributed by atoms with Crippen LogP contribution >= 0.6 is 0 Å². The number of quaternary nitrogens is 1. The lowest BCUT2D eigenvalue weighted by atomic mass is 10.1. The standard InChI is InChI=1S/C22H45N.ClH/c1-4-7-8-9-10-11-12-13-14-15-16-17-18-19-20-21-22-23(5-2)6-3;/h13-14H,4-12,15-22H2,1-3H3;1H/b14-13-;. The zero-order chi connectivity index (χ0) is 17.0. The summed E-state index contributed by atoms with van der Waals surface area (Å²) in [7, 11) is 0. The van der Waals surface area contributed by atoms with Crippen molar-refractivity contribution in [3.05, 3.63) is 12.2 Å². The number of rotatable bonds is 18. The Bertz CT molecular complexity index is 236. The maximum atomic E-state index is 2.43. The molecule has 1 N–H and O–H groups in total. The summed E-state index contributed by atoms with van der Waals surface area (Å²) in [6, 6.07) is 0. The van der Waals surface area contributed by atoms with Crippen LogP contribution in [0.3, 0.4) is 0 Å². The van der Waals surface area contributed by atoms with Crippen LogP contribution in [0.1, 0.15) is 111 Å². The van der Waals surface area contributed by atoms with Crippen LogP contribution in [0.15, 0.2) is 12.2 Å². The van der Waals surface area contributed by atoms with Crippen LogP contribution in [0.25, 0.3) is 0 Å². The maximum Gasteiger partial charge on any atom is 0.0770 e. The van der Waals surface area contributed by atoms with E-state index in [1.165, 1.54) is 110 Å². The monoisotopic (exact) mass is 359 g/mol. The normalized spacial score (nSPS) is 11.3. The first-order chi connectivity index (χ1) is 11.3. The van der Waals surface area contributed by atoms with E-state index in [-0.39, 0.29) is 12.4 Å². The van der Waals surface area contributed by atoms with E-state index in [1.807, 2.05) is 0 Å². The molecule has 0 aliphatic carbocycles. The van der Waals surface area contributed by atoms with Crippen molar-refractivity contribution in [1.29, 1.82) is 0 Å². The van der Waals surface area contributed by atoms with Gasteiger partial charge in [-0.15, -0.1) is 0 Å². The molecule has 0 spiro atoms. The van der Waals surface area contributed by atoms with E-state index in [1.54, 1.807) is 4.90 Å². The van der Waals surface area contributed by atoms with Gasteiger partial charge in [-0.25, -0.2) is 0 Å². The zero-order valence-electron chi connectivity index (χ0n) is 17.1. The highest BCUT2D eigenvalue weighted by Gasteiger charge is 2.00. The minimum atomic E-state index is 0. The largest absolute Gasteiger partial charge is 1.00 e. The number of hydrogen-bond donors (Lipinski definition) is 1. The van der Waals surface area contributed by atoms with Crippen LogP contribution in [-0.4, -0.2) is 19.6 Å². The van der Waals surface area contributed by atoms with Gasteiger partial charge in [-0.1, -0.05) is 70.4 Å². The van der Waals surface area contributed by atoms with E-state index < -0.39 is 0 Å². The van der Waals surface area contributed by atoms with Crippen molar-refractivity contribution in [1.82, 2.24) is 0 Å². The molecule has 2 heteroatoms. The molecule has 0 bridgehead atoms. The summed E-state index contributed by atoms with van der Waals surface area (Å²) < 4.78 is 0. The number of nitrogens with one attached hydrogen (secondary N) is 1. The van der Waals surface area contributed by atoms with Gasteiger partial charge in [0, 0.05) is 0 Å². The average Bonchev–Trinajstić information content (AvgIpc) is 2.58. The predicted molar refractivity (Wildman–Crippen MR) is 106 cm³/mol. The Hall–Kier alpha value is -0.0100. The van der Waals surface area contributed by atoms with E-state index in [4.69, 9.17) is 0 Å². The van der Waals surface area contributed by atoms with E-state index in [2.05, 4.69) is 32.9 Å². The average molecular weight is 360 g/mol. The van der Waals surface area contributed by atoms with E-state index in [0.717, 1.165) is 0 Å². The van der Waals surface area contributed by atoms with Gasteiger partial charge in [0.15, 0.2) is 0 Å². The van der Waals surface area contributed by atoms with E-state index in [0.29, 0.717) is 0 Å². The fourth-order valence-electron chi connectivity index (χ4n) is 3.23. The Morgan fingerprint density at radius 1 is 0.542 bits per heavy atom. The van der Waals surface area contributed by atoms with Gasteiger partial charge in [0.05, 0.1) is 19.6 Å². The van der Waals surface area contributed by atoms with Crippen molar-refractivity contribution < 1.29 is 17.3 Å². The van der Waals surface area contributed by atoms with Crippen LogP contribution in [0.4, 0.5) is 0 Å². The predicted octanol–water partition coefficient (Wildman–Crippen LogP) is 2.95. The van der Waals surface area contributed by atoms with Crippen molar-refractivity contribution in [2.24, 2.45) is 0 Å². The molecule has 0 aliphatic heterocycles. The molecule has 0 heterocycles. The molecule has 0 atom stereocenters. The summed E-state index contributed by atoms with van der Waals surface area (Å²) in [5, 5.41) is 0. The summed E-state index contributed by atoms with van der Waals surface area (Å²) in [4.78, 5) is 1.76. The molecule has 0 aromatic carbocycles. The molecule has 24 heavy (non-hydrogen) atoms. The minimum absolute atomic E-state index is 0. The third-order valence-corrected chi connectivity index (χ3v) is 5.04. The molecular weight excluding hydrogens is 314 g/mol. The highest BCUT2D eigenvalue weighted by molar-refractivity contribution is 4.81. The third kappa shape index (κ3) is 20.0. The van der Waals surface area contributed by atoms with Crippen LogP contribution in [-0.2, 0) is 0 Å². The van der Waals surface area contributed by atoms with Crippen molar-refractivity contribution in [3.8, 4) is 0 Å². The van der Waals surface area contributed by atoms with Crippen molar-refractivity contribution in [2.45, 2.75) is 111 Å². The molecule has 0 saturated carbocycles. The van der Waals surface area contributed by atoms with Gasteiger partial charge < -0.3 is 17.3 Å². The van der Waals surface area contributed by atoms with Gasteiger partial charge >= 0.3 is 0 Å². The maximum absolute atomic E-state index is 2.43. The number of allylic oxidation sites excluding steroid dienone is 2. The molecule has 0 aromatic heterocycles. The summed E-state index contributed by atoms with van der Waals surface area (Å²) in [6.45, 7) is 10.9. The minimum Gasteiger partial charge on any atom is -1.00 e. The molecular formula is C22H46ClN. The molecule has 0 amide bonds. The first-order valence-electron chi connectivity index (χ1n) is 10.8. The van der Waals surface area contributed by atoms with Gasteiger partial charge in [-0.05, 0) is 52.4 Å². The van der Waals surface area contributed by atoms with Crippen molar-refractivity contribution in [3.63, 3.8) is 0 Å². The lowest BCUT2D eigenvalue weighted by Crippen LogP contribution is -3.11. The van der Waals surface area contributed by atoms with Crippen LogP contribution in [0.5, 0.6) is 0 Å². The molecule has 0 unspecified atom stereocenters. The Morgan fingerprint density at radius 2 is 0.958 bits per heavy atom. The SMILES string of the molecule is CCCCCCCC/C=C\CCCCCCCC[NH+](CC)CC.[Cl-]. The van der Waals surface area contributed by atoms with Gasteiger partial charge in [-0.3, -0.25) is 0 Å². The fraction of sp³-hybridized carbons (Fsp3) is 0.909. The molecule has 0 aromatic rings. The number of halogens is 1. The Morgan fingerprint density at radius 3 is 1.42 bits per heavy atom. The Kier molecular flexibility index (Phi) is 25.1. The highest BCUT2D eigenvalue weighted by atomic mass is 35.5. The summed E-state index contributed by atoms with van der Waals surface area (Å²) in [5.74, 6) is 0. The molecule has 146 valence electrons. The molecule has 0 rings (SSSR count). The molecule has 1 nitrogen and oxygen atoms in total. The third-order valence-electron chi connectivity index (χ3n) is 5.04. The quantitative estimate of drug-likeness (QED) is 0.283. The summed E-state index contributed by atoms with van der Waals surface area (Å²) >= 11 is 0. The lowest BCUT2D eigenvalue weighted by molar-refractivity contribution is -0.896. The first kappa shape index (κ1) is 26.2. The van der Waals surface area contributed by atoms with Gasteiger partial charge in [0.25, 0.3) is 0 Å². The Labute approximate surface area is 160 Å².